The van der Waals surface area contributed by atoms with Crippen LogP contribution in [-0.2, 0) is 0 Å². The summed E-state index contributed by atoms with van der Waals surface area (Å²) in [5.74, 6) is 3.30. The van der Waals surface area contributed by atoms with E-state index in [-0.39, 0.29) is 0 Å². The van der Waals surface area contributed by atoms with E-state index >= 15 is 0 Å². The predicted molar refractivity (Wildman–Crippen MR) is 84.7 cm³/mol. The summed E-state index contributed by atoms with van der Waals surface area (Å²) in [6, 6.07) is 0.554. The minimum absolute atomic E-state index is 0.339. The van der Waals surface area contributed by atoms with Crippen molar-refractivity contribution in [1.29, 1.82) is 0 Å². The van der Waals surface area contributed by atoms with Gasteiger partial charge in [0.15, 0.2) is 0 Å². The van der Waals surface area contributed by atoms with Crippen LogP contribution >= 0.6 is 0 Å². The highest BCUT2D eigenvalue weighted by Gasteiger charge is 2.24. The Balaban J connectivity index is 2.37. The van der Waals surface area contributed by atoms with Gasteiger partial charge in [-0.15, -0.1) is 0 Å². The maximum Gasteiger partial charge on any atom is 0.137 e. The zero-order chi connectivity index (χ0) is 14.9. The van der Waals surface area contributed by atoms with E-state index in [0.29, 0.717) is 12.0 Å². The van der Waals surface area contributed by atoms with Crippen LogP contribution in [0, 0.1) is 6.92 Å². The number of nitrogens with one attached hydrogen (secondary N) is 1. The third kappa shape index (κ3) is 2.87. The van der Waals surface area contributed by atoms with Gasteiger partial charge in [-0.25, -0.2) is 9.97 Å². The Bertz CT molecular complexity index is 472. The SMILES string of the molecule is CNc1nc(C(C)C)nc(N2CCN(C)C(C)C2)c1C. The topological polar surface area (TPSA) is 44.3 Å². The lowest BCUT2D eigenvalue weighted by atomic mass is 10.1. The minimum atomic E-state index is 0.339. The molecule has 1 saturated heterocycles. The lowest BCUT2D eigenvalue weighted by Crippen LogP contribution is -2.50. The van der Waals surface area contributed by atoms with Crippen molar-refractivity contribution in [2.75, 3.05) is 43.9 Å². The van der Waals surface area contributed by atoms with Gasteiger partial charge in [0.2, 0.25) is 0 Å². The van der Waals surface area contributed by atoms with Gasteiger partial charge < -0.3 is 15.1 Å². The van der Waals surface area contributed by atoms with Crippen molar-refractivity contribution >= 4 is 11.6 Å². The Kier molecular flexibility index (Phi) is 4.48. The quantitative estimate of drug-likeness (QED) is 0.916. The standard InChI is InChI=1S/C15H27N5/c1-10(2)13-17-14(16-5)12(4)15(18-13)20-8-7-19(6)11(3)9-20/h10-11H,7-9H2,1-6H3,(H,16,17,18). The second-order valence-electron chi connectivity index (χ2n) is 6.06. The Morgan fingerprint density at radius 2 is 1.95 bits per heavy atom. The molecular weight excluding hydrogens is 250 g/mol. The number of hydrogen-bond acceptors (Lipinski definition) is 5. The minimum Gasteiger partial charge on any atom is -0.373 e. The third-order valence-electron chi connectivity index (χ3n) is 4.15. The van der Waals surface area contributed by atoms with Crippen molar-refractivity contribution in [3.8, 4) is 0 Å². The molecule has 5 nitrogen and oxygen atoms in total. The molecule has 0 amide bonds. The first-order valence-electron chi connectivity index (χ1n) is 7.45. The fourth-order valence-electron chi connectivity index (χ4n) is 2.57. The van der Waals surface area contributed by atoms with Gasteiger partial charge in [0.1, 0.15) is 17.5 Å². The molecule has 1 unspecified atom stereocenters. The maximum atomic E-state index is 4.82. The van der Waals surface area contributed by atoms with Crippen LogP contribution in [0.5, 0.6) is 0 Å². The largest absolute Gasteiger partial charge is 0.373 e. The molecule has 2 heterocycles. The summed E-state index contributed by atoms with van der Waals surface area (Å²) in [6.45, 7) is 11.8. The third-order valence-corrected chi connectivity index (χ3v) is 4.15. The molecule has 1 aromatic rings. The summed E-state index contributed by atoms with van der Waals surface area (Å²) in [5, 5.41) is 3.20. The van der Waals surface area contributed by atoms with Crippen LogP contribution in [0.25, 0.3) is 0 Å². The Morgan fingerprint density at radius 1 is 1.25 bits per heavy atom. The van der Waals surface area contributed by atoms with E-state index in [2.05, 4.69) is 54.8 Å². The summed E-state index contributed by atoms with van der Waals surface area (Å²) in [7, 11) is 4.11. The molecule has 1 aliphatic rings. The van der Waals surface area contributed by atoms with E-state index in [4.69, 9.17) is 4.98 Å². The molecule has 0 aliphatic carbocycles. The molecule has 5 heteroatoms. The van der Waals surface area contributed by atoms with Gasteiger partial charge in [0, 0.05) is 44.2 Å². The van der Waals surface area contributed by atoms with E-state index in [0.717, 1.165) is 42.7 Å². The molecule has 1 N–H and O–H groups in total. The molecule has 0 saturated carbocycles. The van der Waals surface area contributed by atoms with Crippen molar-refractivity contribution in [1.82, 2.24) is 14.9 Å². The van der Waals surface area contributed by atoms with Gasteiger partial charge >= 0.3 is 0 Å². The van der Waals surface area contributed by atoms with Crippen molar-refractivity contribution in [2.45, 2.75) is 39.7 Å². The number of aromatic nitrogens is 2. The molecule has 112 valence electrons. The van der Waals surface area contributed by atoms with Crippen LogP contribution in [0.15, 0.2) is 0 Å². The number of anilines is 2. The number of nitrogens with zero attached hydrogens (tertiary/aromatic N) is 4. The molecule has 1 fully saturated rings. The number of rotatable bonds is 3. The first kappa shape index (κ1) is 15.0. The molecule has 1 aliphatic heterocycles. The van der Waals surface area contributed by atoms with E-state index in [1.165, 1.54) is 0 Å². The van der Waals surface area contributed by atoms with Gasteiger partial charge in [-0.3, -0.25) is 0 Å². The van der Waals surface area contributed by atoms with Crippen molar-refractivity contribution in [2.24, 2.45) is 0 Å². The highest BCUT2D eigenvalue weighted by atomic mass is 15.3. The van der Waals surface area contributed by atoms with Crippen LogP contribution in [0.3, 0.4) is 0 Å². The zero-order valence-corrected chi connectivity index (χ0v) is 13.6. The molecular formula is C15H27N5. The van der Waals surface area contributed by atoms with Crippen molar-refractivity contribution < 1.29 is 0 Å². The molecule has 0 aromatic carbocycles. The molecule has 0 bridgehead atoms. The summed E-state index contributed by atoms with van der Waals surface area (Å²) in [6.07, 6.45) is 0. The van der Waals surface area contributed by atoms with E-state index in [1.54, 1.807) is 0 Å². The number of likely N-dealkylation sites (N-methyl/N-ethyl adjacent to an activating group) is 1. The Labute approximate surface area is 122 Å². The predicted octanol–water partition coefficient (Wildman–Crippen LogP) is 2.09. The van der Waals surface area contributed by atoms with Gasteiger partial charge in [-0.05, 0) is 20.9 Å². The van der Waals surface area contributed by atoms with Gasteiger partial charge in [-0.1, -0.05) is 13.8 Å². The van der Waals surface area contributed by atoms with Crippen LogP contribution < -0.4 is 10.2 Å². The average Bonchev–Trinajstić information content (AvgIpc) is 2.42. The molecule has 0 spiro atoms. The van der Waals surface area contributed by atoms with E-state index < -0.39 is 0 Å². The lowest BCUT2D eigenvalue weighted by molar-refractivity contribution is 0.233. The first-order chi connectivity index (χ1) is 9.43. The normalized spacial score (nSPS) is 20.6. The monoisotopic (exact) mass is 277 g/mol. The van der Waals surface area contributed by atoms with Crippen molar-refractivity contribution in [3.63, 3.8) is 0 Å². The van der Waals surface area contributed by atoms with Crippen LogP contribution in [0.4, 0.5) is 11.6 Å². The molecule has 20 heavy (non-hydrogen) atoms. The smallest absolute Gasteiger partial charge is 0.137 e. The number of hydrogen-bond donors (Lipinski definition) is 1. The molecule has 2 rings (SSSR count). The second kappa shape index (κ2) is 5.95. The maximum absolute atomic E-state index is 4.82. The van der Waals surface area contributed by atoms with E-state index in [1.807, 2.05) is 7.05 Å². The fourth-order valence-corrected chi connectivity index (χ4v) is 2.57. The van der Waals surface area contributed by atoms with Gasteiger partial charge in [-0.2, -0.15) is 0 Å². The van der Waals surface area contributed by atoms with Crippen molar-refractivity contribution in [3.05, 3.63) is 11.4 Å². The second-order valence-corrected chi connectivity index (χ2v) is 6.06. The molecule has 1 aromatic heterocycles. The summed E-state index contributed by atoms with van der Waals surface area (Å²) in [4.78, 5) is 14.2. The van der Waals surface area contributed by atoms with E-state index in [9.17, 15) is 0 Å². The van der Waals surface area contributed by atoms with Crippen LogP contribution in [-0.4, -0.2) is 54.6 Å². The highest BCUT2D eigenvalue weighted by Crippen LogP contribution is 2.27. The number of piperazine rings is 1. The highest BCUT2D eigenvalue weighted by molar-refractivity contribution is 5.59. The Hall–Kier alpha value is -1.36. The molecule has 1 atom stereocenters. The molecule has 0 radical (unpaired) electrons. The van der Waals surface area contributed by atoms with Gasteiger partial charge in [0.25, 0.3) is 0 Å². The summed E-state index contributed by atoms with van der Waals surface area (Å²) >= 11 is 0. The van der Waals surface area contributed by atoms with Crippen LogP contribution in [0.2, 0.25) is 0 Å². The Morgan fingerprint density at radius 3 is 2.50 bits per heavy atom. The lowest BCUT2D eigenvalue weighted by Gasteiger charge is -2.39. The first-order valence-corrected chi connectivity index (χ1v) is 7.45. The fraction of sp³-hybridized carbons (Fsp3) is 0.733. The zero-order valence-electron chi connectivity index (χ0n) is 13.6. The van der Waals surface area contributed by atoms with Crippen LogP contribution in [0.1, 0.15) is 38.1 Å². The summed E-state index contributed by atoms with van der Waals surface area (Å²) < 4.78 is 0. The summed E-state index contributed by atoms with van der Waals surface area (Å²) in [5.41, 5.74) is 1.15. The van der Waals surface area contributed by atoms with Gasteiger partial charge in [0.05, 0.1) is 0 Å². The average molecular weight is 277 g/mol.